The van der Waals surface area contributed by atoms with E-state index in [9.17, 15) is 28.5 Å². The molecule has 3 aromatic rings. The molecule has 4 rings (SSSR count). The number of ether oxygens (including phenoxy) is 1. The molecule has 1 aromatic carbocycles. The molecule has 1 fully saturated rings. The molecular weight excluding hydrogens is 395 g/mol. The highest BCUT2D eigenvalue weighted by molar-refractivity contribution is 5.82. The smallest absolute Gasteiger partial charge is 0.194 e. The number of rotatable bonds is 5. The average molecular weight is 411 g/mol. The Labute approximate surface area is 161 Å². The summed E-state index contributed by atoms with van der Waals surface area (Å²) in [5.41, 5.74) is 0.370. The van der Waals surface area contributed by atoms with E-state index in [0.29, 0.717) is 0 Å². The number of anilines is 1. The van der Waals surface area contributed by atoms with Crippen LogP contribution in [0.2, 0.25) is 0 Å². The Hall–Kier alpha value is -2.80. The molecule has 2 aromatic heterocycles. The van der Waals surface area contributed by atoms with E-state index >= 15 is 0 Å². The summed E-state index contributed by atoms with van der Waals surface area (Å²) in [7, 11) is 0. The first-order valence-electron chi connectivity index (χ1n) is 8.58. The molecule has 4 N–H and O–H groups in total. The van der Waals surface area contributed by atoms with Crippen LogP contribution in [0.25, 0.3) is 11.2 Å². The molecule has 1 aliphatic heterocycles. The lowest BCUT2D eigenvalue weighted by molar-refractivity contribution is -0.0511. The molecule has 0 bridgehead atoms. The number of imidazole rings is 1. The van der Waals surface area contributed by atoms with E-state index in [2.05, 4.69) is 20.3 Å². The first-order valence-corrected chi connectivity index (χ1v) is 8.58. The van der Waals surface area contributed by atoms with Crippen LogP contribution in [-0.2, 0) is 11.3 Å². The Bertz CT molecular complexity index is 1050. The topological polar surface area (TPSA) is 126 Å². The van der Waals surface area contributed by atoms with Gasteiger partial charge in [0.25, 0.3) is 0 Å². The van der Waals surface area contributed by atoms with Crippen LogP contribution >= 0.6 is 0 Å². The molecule has 12 heteroatoms. The van der Waals surface area contributed by atoms with Gasteiger partial charge in [0.05, 0.1) is 12.9 Å². The largest absolute Gasteiger partial charge is 0.394 e. The fraction of sp³-hybridized carbons (Fsp3) is 0.353. The van der Waals surface area contributed by atoms with E-state index in [1.165, 1.54) is 17.2 Å². The predicted octanol–water partition coefficient (Wildman–Crippen LogP) is 0.467. The highest BCUT2D eigenvalue weighted by Gasteiger charge is 2.44. The summed E-state index contributed by atoms with van der Waals surface area (Å²) in [4.78, 5) is 12.3. The Morgan fingerprint density at radius 1 is 1.07 bits per heavy atom. The van der Waals surface area contributed by atoms with Gasteiger partial charge in [-0.1, -0.05) is 6.07 Å². The van der Waals surface area contributed by atoms with E-state index in [0.717, 1.165) is 12.1 Å². The number of benzene rings is 1. The van der Waals surface area contributed by atoms with Gasteiger partial charge in [0.2, 0.25) is 0 Å². The lowest BCUT2D eigenvalue weighted by Crippen LogP contribution is -2.33. The minimum absolute atomic E-state index is 0.112. The van der Waals surface area contributed by atoms with Crippen molar-refractivity contribution in [2.45, 2.75) is 31.1 Å². The van der Waals surface area contributed by atoms with Gasteiger partial charge in [0.1, 0.15) is 24.6 Å². The summed E-state index contributed by atoms with van der Waals surface area (Å²) in [6.07, 6.45) is -2.14. The SMILES string of the molecule is OC[C@H]1OC(n2cnc3c(NCc4ccc(F)c(F)c4F)ncnc32)[C@H](O)[C@@H]1O. The maximum Gasteiger partial charge on any atom is 0.194 e. The molecule has 1 saturated heterocycles. The molecule has 1 aliphatic rings. The van der Waals surface area contributed by atoms with Crippen molar-refractivity contribution >= 4 is 17.0 Å². The van der Waals surface area contributed by atoms with E-state index in [-0.39, 0.29) is 29.1 Å². The summed E-state index contributed by atoms with van der Waals surface area (Å²) in [6.45, 7) is -0.682. The van der Waals surface area contributed by atoms with E-state index in [1.807, 2.05) is 0 Å². The second kappa shape index (κ2) is 7.55. The van der Waals surface area contributed by atoms with Crippen molar-refractivity contribution in [3.05, 3.63) is 47.8 Å². The molecule has 29 heavy (non-hydrogen) atoms. The Kier molecular flexibility index (Phi) is 5.08. The quantitative estimate of drug-likeness (QED) is 0.447. The van der Waals surface area contributed by atoms with Gasteiger partial charge >= 0.3 is 0 Å². The third kappa shape index (κ3) is 3.29. The van der Waals surface area contributed by atoms with Crippen molar-refractivity contribution in [2.75, 3.05) is 11.9 Å². The first kappa shape index (κ1) is 19.5. The molecule has 1 unspecified atom stereocenters. The van der Waals surface area contributed by atoms with E-state index in [4.69, 9.17) is 4.74 Å². The predicted molar refractivity (Wildman–Crippen MR) is 92.0 cm³/mol. The van der Waals surface area contributed by atoms with Gasteiger partial charge in [-0.2, -0.15) is 0 Å². The third-order valence-electron chi connectivity index (χ3n) is 4.71. The average Bonchev–Trinajstić information content (AvgIpc) is 3.27. The zero-order valence-electron chi connectivity index (χ0n) is 14.7. The fourth-order valence-electron chi connectivity index (χ4n) is 3.16. The van der Waals surface area contributed by atoms with Gasteiger partial charge in [-0.3, -0.25) is 4.57 Å². The van der Waals surface area contributed by atoms with Crippen LogP contribution in [-0.4, -0.2) is 59.8 Å². The number of aromatic nitrogens is 4. The zero-order valence-corrected chi connectivity index (χ0v) is 14.7. The monoisotopic (exact) mass is 411 g/mol. The summed E-state index contributed by atoms with van der Waals surface area (Å²) in [5.74, 6) is -3.97. The summed E-state index contributed by atoms with van der Waals surface area (Å²) in [6, 6.07) is 1.93. The molecule has 0 amide bonds. The number of aliphatic hydroxyl groups is 3. The van der Waals surface area contributed by atoms with Crippen LogP contribution in [0.4, 0.5) is 19.0 Å². The summed E-state index contributed by atoms with van der Waals surface area (Å²) >= 11 is 0. The van der Waals surface area contributed by atoms with Gasteiger partial charge in [-0.25, -0.2) is 28.1 Å². The van der Waals surface area contributed by atoms with Crippen molar-refractivity contribution in [1.29, 1.82) is 0 Å². The van der Waals surface area contributed by atoms with Crippen molar-refractivity contribution in [3.63, 3.8) is 0 Å². The lowest BCUT2D eigenvalue weighted by Gasteiger charge is -2.16. The van der Waals surface area contributed by atoms with E-state index in [1.54, 1.807) is 0 Å². The molecule has 154 valence electrons. The van der Waals surface area contributed by atoms with Crippen LogP contribution < -0.4 is 5.32 Å². The highest BCUT2D eigenvalue weighted by atomic mass is 19.2. The first-order chi connectivity index (χ1) is 13.9. The lowest BCUT2D eigenvalue weighted by atomic mass is 10.1. The van der Waals surface area contributed by atoms with Crippen LogP contribution in [0.5, 0.6) is 0 Å². The van der Waals surface area contributed by atoms with Crippen LogP contribution in [0.3, 0.4) is 0 Å². The van der Waals surface area contributed by atoms with Gasteiger partial charge in [-0.15, -0.1) is 0 Å². The standard InChI is InChI=1S/C17H16F3N5O4/c18-8-2-1-7(10(19)11(8)20)3-21-15-12-16(23-5-22-15)25(6-24-12)17-14(28)13(27)9(4-26)29-17/h1-2,5-6,9,13-14,17,26-28H,3-4H2,(H,21,22,23)/t9-,13-,14-,17?/m1/s1. The van der Waals surface area contributed by atoms with E-state index < -0.39 is 48.6 Å². The van der Waals surface area contributed by atoms with Crippen molar-refractivity contribution in [3.8, 4) is 0 Å². The van der Waals surface area contributed by atoms with Crippen molar-refractivity contribution < 1.29 is 33.2 Å². The summed E-state index contributed by atoms with van der Waals surface area (Å²) < 4.78 is 47.1. The Balaban J connectivity index is 1.61. The Morgan fingerprint density at radius 2 is 1.86 bits per heavy atom. The molecule has 0 aliphatic carbocycles. The minimum Gasteiger partial charge on any atom is -0.394 e. The molecule has 9 nitrogen and oxygen atoms in total. The number of halogens is 3. The maximum absolute atomic E-state index is 13.8. The van der Waals surface area contributed by atoms with Gasteiger partial charge in [0, 0.05) is 12.1 Å². The molecule has 4 atom stereocenters. The normalized spacial score (nSPS) is 24.3. The summed E-state index contributed by atoms with van der Waals surface area (Å²) in [5, 5.41) is 32.1. The highest BCUT2D eigenvalue weighted by Crippen LogP contribution is 2.32. The van der Waals surface area contributed by atoms with Crippen LogP contribution in [0.1, 0.15) is 11.8 Å². The molecular formula is C17H16F3N5O4. The van der Waals surface area contributed by atoms with Gasteiger partial charge in [0.15, 0.2) is 40.7 Å². The molecule has 3 heterocycles. The third-order valence-corrected chi connectivity index (χ3v) is 4.71. The molecule has 0 radical (unpaired) electrons. The molecule has 0 spiro atoms. The fourth-order valence-corrected chi connectivity index (χ4v) is 3.16. The van der Waals surface area contributed by atoms with Gasteiger partial charge in [-0.05, 0) is 6.07 Å². The molecule has 0 saturated carbocycles. The second-order valence-corrected chi connectivity index (χ2v) is 6.46. The van der Waals surface area contributed by atoms with Crippen molar-refractivity contribution in [2.24, 2.45) is 0 Å². The maximum atomic E-state index is 13.8. The number of hydrogen-bond donors (Lipinski definition) is 4. The number of fused-ring (bicyclic) bond motifs is 1. The minimum atomic E-state index is -1.56. The number of aliphatic hydroxyl groups excluding tert-OH is 3. The second-order valence-electron chi connectivity index (χ2n) is 6.46. The van der Waals surface area contributed by atoms with Crippen LogP contribution in [0, 0.1) is 17.5 Å². The van der Waals surface area contributed by atoms with Crippen LogP contribution in [0.15, 0.2) is 24.8 Å². The zero-order chi connectivity index (χ0) is 20.7. The number of hydrogen-bond acceptors (Lipinski definition) is 8. The Morgan fingerprint density at radius 3 is 2.59 bits per heavy atom. The number of nitrogens with zero attached hydrogens (tertiary/aromatic N) is 4. The number of nitrogens with one attached hydrogen (secondary N) is 1. The van der Waals surface area contributed by atoms with Crippen molar-refractivity contribution in [1.82, 2.24) is 19.5 Å². The van der Waals surface area contributed by atoms with Gasteiger partial charge < -0.3 is 25.4 Å².